The van der Waals surface area contributed by atoms with Crippen molar-refractivity contribution < 1.29 is 28.9 Å². The molecule has 0 spiro atoms. The molecule has 178 valence electrons. The molecule has 0 aliphatic carbocycles. The standard InChI is InChI=1S/C13H11NO4.C12H9NO4/c1-17-13(16)18-11-8-7-10(14-12(11)15)9-5-3-2-4-6-9;14-11-10(17-12(15)16)7-6-9(13-11)8-4-2-1-3-5-8/h2-8H,1H3,(H,14,15);1-7H,(H,13,14)(H,15,16). The number of hydrogen-bond donors (Lipinski definition) is 3. The molecule has 4 aromatic rings. The van der Waals surface area contributed by atoms with Crippen molar-refractivity contribution in [2.75, 3.05) is 7.11 Å². The van der Waals surface area contributed by atoms with E-state index in [9.17, 15) is 19.2 Å². The number of hydrogen-bond acceptors (Lipinski definition) is 7. The zero-order chi connectivity index (χ0) is 25.2. The summed E-state index contributed by atoms with van der Waals surface area (Å²) in [5.41, 5.74) is 1.91. The fourth-order valence-corrected chi connectivity index (χ4v) is 2.88. The summed E-state index contributed by atoms with van der Waals surface area (Å²) in [5, 5.41) is 8.40. The summed E-state index contributed by atoms with van der Waals surface area (Å²) >= 11 is 0. The first-order valence-electron chi connectivity index (χ1n) is 10.1. The smallest absolute Gasteiger partial charge is 0.449 e. The molecule has 0 fully saturated rings. The van der Waals surface area contributed by atoms with Gasteiger partial charge in [-0.1, -0.05) is 60.7 Å². The first-order chi connectivity index (χ1) is 16.9. The van der Waals surface area contributed by atoms with Crippen LogP contribution < -0.4 is 20.6 Å². The van der Waals surface area contributed by atoms with Gasteiger partial charge in [0.15, 0.2) is 11.5 Å². The molecule has 35 heavy (non-hydrogen) atoms. The molecule has 0 amide bonds. The van der Waals surface area contributed by atoms with Crippen LogP contribution in [0, 0.1) is 0 Å². The summed E-state index contributed by atoms with van der Waals surface area (Å²) < 4.78 is 13.3. The van der Waals surface area contributed by atoms with Gasteiger partial charge >= 0.3 is 12.3 Å². The number of H-pyrrole nitrogens is 2. The van der Waals surface area contributed by atoms with Crippen LogP contribution in [-0.4, -0.2) is 34.5 Å². The van der Waals surface area contributed by atoms with Gasteiger partial charge in [0.05, 0.1) is 7.11 Å². The lowest BCUT2D eigenvalue weighted by molar-refractivity contribution is 0.121. The molecule has 0 radical (unpaired) electrons. The summed E-state index contributed by atoms with van der Waals surface area (Å²) in [6.07, 6.45) is -2.43. The second kappa shape index (κ2) is 11.7. The van der Waals surface area contributed by atoms with Crippen LogP contribution in [0.4, 0.5) is 9.59 Å². The highest BCUT2D eigenvalue weighted by Gasteiger charge is 2.09. The molecule has 0 saturated heterocycles. The Hall–Kier alpha value is -5.12. The van der Waals surface area contributed by atoms with E-state index in [0.29, 0.717) is 11.4 Å². The molecule has 2 heterocycles. The van der Waals surface area contributed by atoms with Crippen LogP contribution >= 0.6 is 0 Å². The van der Waals surface area contributed by atoms with Crippen molar-refractivity contribution in [2.45, 2.75) is 0 Å². The Bertz CT molecular complexity index is 1410. The van der Waals surface area contributed by atoms with Gasteiger partial charge in [0.2, 0.25) is 0 Å². The number of methoxy groups -OCH3 is 1. The Balaban J connectivity index is 0.000000196. The first-order valence-corrected chi connectivity index (χ1v) is 10.1. The van der Waals surface area contributed by atoms with Crippen molar-refractivity contribution >= 4 is 12.3 Å². The summed E-state index contributed by atoms with van der Waals surface area (Å²) in [7, 11) is 1.18. The van der Waals surface area contributed by atoms with Gasteiger partial charge in [0.25, 0.3) is 11.1 Å². The molecule has 0 aliphatic heterocycles. The van der Waals surface area contributed by atoms with Gasteiger partial charge < -0.3 is 29.3 Å². The Kier molecular flexibility index (Phi) is 8.17. The van der Waals surface area contributed by atoms with Crippen LogP contribution in [0.15, 0.2) is 94.5 Å². The van der Waals surface area contributed by atoms with E-state index in [2.05, 4.69) is 24.2 Å². The SMILES string of the molecule is COC(=O)Oc1ccc(-c2ccccc2)[nH]c1=O.O=C(O)Oc1ccc(-c2ccccc2)[nH]c1=O. The lowest BCUT2D eigenvalue weighted by Gasteiger charge is -2.04. The maximum Gasteiger partial charge on any atom is 0.513 e. The normalized spacial score (nSPS) is 9.86. The van der Waals surface area contributed by atoms with Crippen molar-refractivity contribution in [2.24, 2.45) is 0 Å². The molecule has 2 aromatic carbocycles. The average Bonchev–Trinajstić information content (AvgIpc) is 2.87. The van der Waals surface area contributed by atoms with Crippen molar-refractivity contribution in [1.29, 1.82) is 0 Å². The fourth-order valence-electron chi connectivity index (χ4n) is 2.88. The second-order valence-corrected chi connectivity index (χ2v) is 6.79. The van der Waals surface area contributed by atoms with Crippen LogP contribution in [0.1, 0.15) is 0 Å². The van der Waals surface area contributed by atoms with Crippen LogP contribution in [0.25, 0.3) is 22.5 Å². The minimum atomic E-state index is -1.51. The molecule has 0 atom stereocenters. The second-order valence-electron chi connectivity index (χ2n) is 6.79. The molecule has 2 aromatic heterocycles. The summed E-state index contributed by atoms with van der Waals surface area (Å²) in [6.45, 7) is 0. The first kappa shape index (κ1) is 24.5. The highest BCUT2D eigenvalue weighted by atomic mass is 16.7. The number of ether oxygens (including phenoxy) is 3. The number of pyridine rings is 2. The Morgan fingerprint density at radius 1 is 0.657 bits per heavy atom. The van der Waals surface area contributed by atoms with Gasteiger partial charge in [0.1, 0.15) is 0 Å². The van der Waals surface area contributed by atoms with E-state index >= 15 is 0 Å². The van der Waals surface area contributed by atoms with Crippen molar-refractivity contribution in [3.05, 3.63) is 106 Å². The molecular weight excluding hydrogens is 456 g/mol. The van der Waals surface area contributed by atoms with Crippen LogP contribution in [0.2, 0.25) is 0 Å². The van der Waals surface area contributed by atoms with Gasteiger partial charge in [-0.3, -0.25) is 9.59 Å². The van der Waals surface area contributed by atoms with E-state index in [0.717, 1.165) is 11.1 Å². The number of rotatable bonds is 4. The zero-order valence-electron chi connectivity index (χ0n) is 18.4. The van der Waals surface area contributed by atoms with Gasteiger partial charge in [-0.2, -0.15) is 0 Å². The number of carbonyl (C=O) groups is 2. The Morgan fingerprint density at radius 2 is 1.09 bits per heavy atom. The van der Waals surface area contributed by atoms with Crippen LogP contribution in [-0.2, 0) is 4.74 Å². The molecule has 0 aliphatic rings. The van der Waals surface area contributed by atoms with E-state index in [-0.39, 0.29) is 11.5 Å². The Morgan fingerprint density at radius 3 is 1.46 bits per heavy atom. The molecule has 4 rings (SSSR count). The van der Waals surface area contributed by atoms with E-state index in [1.54, 1.807) is 12.1 Å². The lowest BCUT2D eigenvalue weighted by Crippen LogP contribution is -2.16. The largest absolute Gasteiger partial charge is 0.513 e. The summed E-state index contributed by atoms with van der Waals surface area (Å²) in [4.78, 5) is 49.6. The average molecular weight is 476 g/mol. The maximum atomic E-state index is 11.7. The quantitative estimate of drug-likeness (QED) is 0.370. The minimum Gasteiger partial charge on any atom is -0.449 e. The zero-order valence-corrected chi connectivity index (χ0v) is 18.4. The third-order valence-corrected chi connectivity index (χ3v) is 4.47. The lowest BCUT2D eigenvalue weighted by atomic mass is 10.1. The topological polar surface area (TPSA) is 148 Å². The molecule has 3 N–H and O–H groups in total. The summed E-state index contributed by atoms with van der Waals surface area (Å²) in [6, 6.07) is 24.6. The number of carboxylic acid groups (broad SMARTS) is 1. The van der Waals surface area contributed by atoms with E-state index in [4.69, 9.17) is 5.11 Å². The van der Waals surface area contributed by atoms with Gasteiger partial charge in [0, 0.05) is 11.4 Å². The third kappa shape index (κ3) is 6.93. The highest BCUT2D eigenvalue weighted by molar-refractivity contribution is 5.65. The number of nitrogens with one attached hydrogen (secondary N) is 2. The third-order valence-electron chi connectivity index (χ3n) is 4.47. The van der Waals surface area contributed by atoms with E-state index in [1.165, 1.54) is 19.2 Å². The number of benzene rings is 2. The molecular formula is C25H20N2O8. The number of aromatic nitrogens is 2. The van der Waals surface area contributed by atoms with Crippen molar-refractivity contribution in [3.63, 3.8) is 0 Å². The molecule has 0 bridgehead atoms. The van der Waals surface area contributed by atoms with Crippen molar-refractivity contribution in [3.8, 4) is 34.0 Å². The molecule has 0 unspecified atom stereocenters. The number of aromatic amines is 2. The predicted octanol–water partition coefficient (Wildman–Crippen LogP) is 4.29. The Labute approximate surface area is 198 Å². The van der Waals surface area contributed by atoms with Crippen LogP contribution in [0.3, 0.4) is 0 Å². The maximum absolute atomic E-state index is 11.7. The highest BCUT2D eigenvalue weighted by Crippen LogP contribution is 2.17. The molecule has 10 nitrogen and oxygen atoms in total. The predicted molar refractivity (Wildman–Crippen MR) is 127 cm³/mol. The van der Waals surface area contributed by atoms with Gasteiger partial charge in [-0.25, -0.2) is 9.59 Å². The molecule has 0 saturated carbocycles. The fraction of sp³-hybridized carbons (Fsp3) is 0.0400. The van der Waals surface area contributed by atoms with Gasteiger partial charge in [-0.15, -0.1) is 0 Å². The minimum absolute atomic E-state index is 0.0958. The number of carbonyl (C=O) groups excluding carboxylic acids is 1. The summed E-state index contributed by atoms with van der Waals surface area (Å²) in [5.74, 6) is -0.335. The monoisotopic (exact) mass is 476 g/mol. The van der Waals surface area contributed by atoms with Crippen molar-refractivity contribution in [1.82, 2.24) is 9.97 Å². The van der Waals surface area contributed by atoms with E-state index < -0.39 is 23.4 Å². The molecule has 10 heteroatoms. The van der Waals surface area contributed by atoms with Gasteiger partial charge in [-0.05, 0) is 35.4 Å². The van der Waals surface area contributed by atoms with E-state index in [1.807, 2.05) is 60.7 Å². The van der Waals surface area contributed by atoms with Crippen LogP contribution in [0.5, 0.6) is 11.5 Å².